The molecule has 1 fully saturated rings. The summed E-state index contributed by atoms with van der Waals surface area (Å²) in [4.78, 5) is 11.8. The van der Waals surface area contributed by atoms with Gasteiger partial charge < -0.3 is 4.90 Å². The first kappa shape index (κ1) is 9.71. The van der Waals surface area contributed by atoms with E-state index in [1.807, 2.05) is 0 Å². The molecular formula is C7H10ClF2NO. The average Bonchev–Trinajstić information content (AvgIpc) is 2.28. The molecule has 0 aromatic rings. The van der Waals surface area contributed by atoms with Crippen LogP contribution in [-0.2, 0) is 0 Å². The van der Waals surface area contributed by atoms with Crippen LogP contribution in [-0.4, -0.2) is 29.3 Å². The van der Waals surface area contributed by atoms with Crippen LogP contribution in [0.4, 0.5) is 13.6 Å². The molecule has 0 radical (unpaired) electrons. The van der Waals surface area contributed by atoms with Crippen molar-refractivity contribution in [2.75, 3.05) is 7.05 Å². The first-order chi connectivity index (χ1) is 5.42. The van der Waals surface area contributed by atoms with Crippen LogP contribution in [0, 0.1) is 0 Å². The van der Waals surface area contributed by atoms with E-state index in [9.17, 15) is 13.6 Å². The van der Waals surface area contributed by atoms with Crippen LogP contribution in [0.3, 0.4) is 0 Å². The number of halogens is 3. The normalized spacial score (nSPS) is 27.2. The molecule has 0 bridgehead atoms. The smallest absolute Gasteiger partial charge is 0.316 e. The zero-order chi connectivity index (χ0) is 9.35. The highest BCUT2D eigenvalue weighted by Gasteiger charge is 2.41. The summed E-state index contributed by atoms with van der Waals surface area (Å²) in [6.07, 6.45) is -0.0733. The number of rotatable bonds is 1. The van der Waals surface area contributed by atoms with Gasteiger partial charge in [0.2, 0.25) is 5.92 Å². The molecule has 1 unspecified atom stereocenters. The van der Waals surface area contributed by atoms with Gasteiger partial charge in [0.15, 0.2) is 0 Å². The van der Waals surface area contributed by atoms with Crippen LogP contribution in [0.25, 0.3) is 0 Å². The molecule has 0 aliphatic heterocycles. The van der Waals surface area contributed by atoms with Crippen molar-refractivity contribution in [3.8, 4) is 0 Å². The highest BCUT2D eigenvalue weighted by atomic mass is 35.5. The van der Waals surface area contributed by atoms with E-state index in [1.54, 1.807) is 0 Å². The minimum Gasteiger partial charge on any atom is -0.329 e. The van der Waals surface area contributed by atoms with Crippen molar-refractivity contribution in [3.05, 3.63) is 0 Å². The van der Waals surface area contributed by atoms with Gasteiger partial charge in [0, 0.05) is 25.9 Å². The van der Waals surface area contributed by atoms with Gasteiger partial charge in [0.05, 0.1) is 0 Å². The Bertz CT molecular complexity index is 198. The number of hydrogen-bond donors (Lipinski definition) is 0. The van der Waals surface area contributed by atoms with Crippen molar-refractivity contribution >= 4 is 17.0 Å². The Morgan fingerprint density at radius 1 is 1.67 bits per heavy atom. The third-order valence-corrected chi connectivity index (χ3v) is 2.47. The van der Waals surface area contributed by atoms with Crippen molar-refractivity contribution in [2.45, 2.75) is 31.2 Å². The topological polar surface area (TPSA) is 20.3 Å². The molecule has 1 aliphatic carbocycles. The summed E-state index contributed by atoms with van der Waals surface area (Å²) in [6.45, 7) is 0. The summed E-state index contributed by atoms with van der Waals surface area (Å²) < 4.78 is 25.3. The number of alkyl halides is 2. The molecule has 12 heavy (non-hydrogen) atoms. The monoisotopic (exact) mass is 197 g/mol. The lowest BCUT2D eigenvalue weighted by Crippen LogP contribution is -2.32. The van der Waals surface area contributed by atoms with E-state index in [0.29, 0.717) is 6.42 Å². The van der Waals surface area contributed by atoms with Crippen LogP contribution in [0.15, 0.2) is 0 Å². The number of nitrogens with zero attached hydrogens (tertiary/aromatic N) is 1. The summed E-state index contributed by atoms with van der Waals surface area (Å²) >= 11 is 5.14. The van der Waals surface area contributed by atoms with E-state index in [4.69, 9.17) is 11.6 Å². The lowest BCUT2D eigenvalue weighted by Gasteiger charge is -2.21. The molecule has 2 nitrogen and oxygen atoms in total. The van der Waals surface area contributed by atoms with Gasteiger partial charge in [-0.15, -0.1) is 0 Å². The van der Waals surface area contributed by atoms with E-state index < -0.39 is 17.3 Å². The summed E-state index contributed by atoms with van der Waals surface area (Å²) in [5.74, 6) is -2.62. The SMILES string of the molecule is CN(C(=O)Cl)C1CCC(F)(F)C1. The minimum absolute atomic E-state index is 0.147. The molecule has 0 aromatic carbocycles. The Hall–Kier alpha value is -0.380. The number of hydrogen-bond acceptors (Lipinski definition) is 1. The zero-order valence-corrected chi connectivity index (χ0v) is 7.44. The largest absolute Gasteiger partial charge is 0.329 e. The molecule has 0 N–H and O–H groups in total. The predicted molar refractivity (Wildman–Crippen MR) is 41.6 cm³/mol. The van der Waals surface area contributed by atoms with E-state index in [0.717, 1.165) is 0 Å². The standard InChI is InChI=1S/C7H10ClF2NO/c1-11(6(8)12)5-2-3-7(9,10)4-5/h5H,2-4H2,1H3. The molecule has 1 amide bonds. The fourth-order valence-corrected chi connectivity index (χ4v) is 1.54. The Balaban J connectivity index is 2.52. The number of carbonyl (C=O) groups is 1. The van der Waals surface area contributed by atoms with E-state index in [1.165, 1.54) is 11.9 Å². The summed E-state index contributed by atoms with van der Waals surface area (Å²) in [5.41, 5.74) is 0. The second-order valence-electron chi connectivity index (χ2n) is 3.12. The highest BCUT2D eigenvalue weighted by Crippen LogP contribution is 2.37. The third-order valence-electron chi connectivity index (χ3n) is 2.20. The summed E-state index contributed by atoms with van der Waals surface area (Å²) in [5, 5.41) is -0.669. The molecule has 5 heteroatoms. The molecule has 1 aliphatic rings. The second-order valence-corrected chi connectivity index (χ2v) is 3.44. The molecule has 1 atom stereocenters. The van der Waals surface area contributed by atoms with E-state index in [2.05, 4.69) is 0 Å². The Kier molecular flexibility index (Phi) is 2.56. The molecule has 70 valence electrons. The van der Waals surface area contributed by atoms with Crippen molar-refractivity contribution in [1.82, 2.24) is 4.90 Å². The molecule has 0 aromatic heterocycles. The minimum atomic E-state index is -2.62. The van der Waals surface area contributed by atoms with Crippen LogP contribution in [0.1, 0.15) is 19.3 Å². The van der Waals surface area contributed by atoms with Gasteiger partial charge in [0.1, 0.15) is 0 Å². The molecule has 0 spiro atoms. The molecule has 0 heterocycles. The van der Waals surface area contributed by atoms with Gasteiger partial charge in [-0.3, -0.25) is 4.79 Å². The summed E-state index contributed by atoms with van der Waals surface area (Å²) in [7, 11) is 1.45. The van der Waals surface area contributed by atoms with Gasteiger partial charge in [-0.25, -0.2) is 8.78 Å². The lowest BCUT2D eigenvalue weighted by molar-refractivity contribution is 0.00415. The van der Waals surface area contributed by atoms with Crippen LogP contribution in [0.2, 0.25) is 0 Å². The molecule has 0 saturated heterocycles. The fourth-order valence-electron chi connectivity index (χ4n) is 1.40. The van der Waals surface area contributed by atoms with Crippen LogP contribution >= 0.6 is 11.6 Å². The van der Waals surface area contributed by atoms with Crippen molar-refractivity contribution in [2.24, 2.45) is 0 Å². The maximum atomic E-state index is 12.6. The van der Waals surface area contributed by atoms with Crippen molar-refractivity contribution in [1.29, 1.82) is 0 Å². The predicted octanol–water partition coefficient (Wildman–Crippen LogP) is 2.46. The number of carbonyl (C=O) groups excluding carboxylic acids is 1. The Morgan fingerprint density at radius 3 is 2.58 bits per heavy atom. The maximum absolute atomic E-state index is 12.6. The first-order valence-electron chi connectivity index (χ1n) is 3.72. The molecular weight excluding hydrogens is 188 g/mol. The maximum Gasteiger partial charge on any atom is 0.316 e. The van der Waals surface area contributed by atoms with E-state index >= 15 is 0 Å². The van der Waals surface area contributed by atoms with Gasteiger partial charge >= 0.3 is 5.37 Å². The zero-order valence-electron chi connectivity index (χ0n) is 6.69. The second kappa shape index (κ2) is 3.17. The van der Waals surface area contributed by atoms with Crippen molar-refractivity contribution < 1.29 is 13.6 Å². The fraction of sp³-hybridized carbons (Fsp3) is 0.857. The first-order valence-corrected chi connectivity index (χ1v) is 4.10. The Labute approximate surface area is 74.5 Å². The van der Waals surface area contributed by atoms with Crippen LogP contribution in [0.5, 0.6) is 0 Å². The van der Waals surface area contributed by atoms with Gasteiger partial charge in [-0.1, -0.05) is 0 Å². The quantitative estimate of drug-likeness (QED) is 0.467. The van der Waals surface area contributed by atoms with Gasteiger partial charge in [0.25, 0.3) is 0 Å². The highest BCUT2D eigenvalue weighted by molar-refractivity contribution is 6.62. The van der Waals surface area contributed by atoms with Crippen molar-refractivity contribution in [3.63, 3.8) is 0 Å². The van der Waals surface area contributed by atoms with E-state index in [-0.39, 0.29) is 12.8 Å². The molecule has 1 saturated carbocycles. The van der Waals surface area contributed by atoms with Gasteiger partial charge in [-0.2, -0.15) is 0 Å². The lowest BCUT2D eigenvalue weighted by atomic mass is 10.2. The summed E-state index contributed by atoms with van der Waals surface area (Å²) in [6, 6.07) is -0.398. The van der Waals surface area contributed by atoms with Gasteiger partial charge in [-0.05, 0) is 18.0 Å². The number of amides is 1. The van der Waals surface area contributed by atoms with Crippen LogP contribution < -0.4 is 0 Å². The molecule has 1 rings (SSSR count). The third kappa shape index (κ3) is 2.06. The average molecular weight is 198 g/mol. The Morgan fingerprint density at radius 2 is 2.25 bits per heavy atom.